The van der Waals surface area contributed by atoms with Crippen LogP contribution in [0, 0.1) is 0 Å². The van der Waals surface area contributed by atoms with Crippen molar-refractivity contribution in [1.29, 1.82) is 0 Å². The topological polar surface area (TPSA) is 84.7 Å². The molecule has 2 amide bonds. The number of nitrogens with one attached hydrogen (secondary N) is 1. The Morgan fingerprint density at radius 3 is 3.04 bits per heavy atom. The molecule has 1 N–H and O–H groups in total. The lowest BCUT2D eigenvalue weighted by Gasteiger charge is -2.34. The van der Waals surface area contributed by atoms with Gasteiger partial charge in [-0.05, 0) is 49.4 Å². The molecule has 1 aromatic carbocycles. The molecule has 0 spiro atoms. The summed E-state index contributed by atoms with van der Waals surface area (Å²) in [7, 11) is 0. The number of ether oxygens (including phenoxy) is 1. The van der Waals surface area contributed by atoms with E-state index in [0.717, 1.165) is 43.4 Å². The summed E-state index contributed by atoms with van der Waals surface area (Å²) in [6, 6.07) is 7.09. The summed E-state index contributed by atoms with van der Waals surface area (Å²) in [6.45, 7) is 3.91. The van der Waals surface area contributed by atoms with Crippen LogP contribution in [0.1, 0.15) is 70.8 Å². The monoisotopic (exact) mass is 383 g/mol. The van der Waals surface area contributed by atoms with Crippen LogP contribution >= 0.6 is 0 Å². The lowest BCUT2D eigenvalue weighted by atomic mass is 9.98. The predicted octanol–water partition coefficient (Wildman–Crippen LogP) is 3.12. The van der Waals surface area contributed by atoms with Gasteiger partial charge in [-0.3, -0.25) is 9.59 Å². The van der Waals surface area contributed by atoms with Gasteiger partial charge in [0.15, 0.2) is 11.5 Å². The number of fused-ring (bicyclic) bond motifs is 1. The second-order valence-corrected chi connectivity index (χ2v) is 7.30. The Hall–Kier alpha value is -2.83. The maximum atomic E-state index is 13.2. The number of likely N-dealkylation sites (tertiary alicyclic amines) is 1. The third kappa shape index (κ3) is 3.61. The molecule has 1 unspecified atom stereocenters. The highest BCUT2D eigenvalue weighted by molar-refractivity contribution is 5.95. The SMILES string of the molecule is CCCNC(=O)c1cc(C2CCCCN2C(=O)c2ccc3c(c2)CCO3)on1. The first kappa shape index (κ1) is 18.5. The zero-order valence-electron chi connectivity index (χ0n) is 16.1. The molecule has 4 rings (SSSR count). The van der Waals surface area contributed by atoms with E-state index in [4.69, 9.17) is 9.26 Å². The first-order chi connectivity index (χ1) is 13.7. The maximum Gasteiger partial charge on any atom is 0.273 e. The molecule has 1 atom stereocenters. The zero-order valence-corrected chi connectivity index (χ0v) is 16.1. The fourth-order valence-corrected chi connectivity index (χ4v) is 3.84. The van der Waals surface area contributed by atoms with Crippen molar-refractivity contribution >= 4 is 11.8 Å². The van der Waals surface area contributed by atoms with Crippen molar-refractivity contribution in [2.75, 3.05) is 19.7 Å². The van der Waals surface area contributed by atoms with Crippen molar-refractivity contribution in [2.45, 2.75) is 45.1 Å². The van der Waals surface area contributed by atoms with Crippen molar-refractivity contribution in [2.24, 2.45) is 0 Å². The molecule has 1 saturated heterocycles. The van der Waals surface area contributed by atoms with E-state index in [2.05, 4.69) is 10.5 Å². The third-order valence-corrected chi connectivity index (χ3v) is 5.33. The van der Waals surface area contributed by atoms with E-state index < -0.39 is 0 Å². The second-order valence-electron chi connectivity index (χ2n) is 7.30. The lowest BCUT2D eigenvalue weighted by molar-refractivity contribution is 0.0569. The summed E-state index contributed by atoms with van der Waals surface area (Å²) in [6.07, 6.45) is 4.44. The Morgan fingerprint density at radius 1 is 1.29 bits per heavy atom. The minimum Gasteiger partial charge on any atom is -0.493 e. The van der Waals surface area contributed by atoms with Crippen LogP contribution in [0.15, 0.2) is 28.8 Å². The van der Waals surface area contributed by atoms with Crippen LogP contribution in [0.25, 0.3) is 0 Å². The summed E-state index contributed by atoms with van der Waals surface area (Å²) in [5, 5.41) is 6.71. The summed E-state index contributed by atoms with van der Waals surface area (Å²) in [5.41, 5.74) is 2.00. The molecule has 0 radical (unpaired) electrons. The molecule has 2 aliphatic heterocycles. The van der Waals surface area contributed by atoms with Crippen LogP contribution in [0.3, 0.4) is 0 Å². The Labute approximate surface area is 164 Å². The molecule has 0 bridgehead atoms. The number of carbonyl (C=O) groups excluding carboxylic acids is 2. The van der Waals surface area contributed by atoms with E-state index >= 15 is 0 Å². The number of hydrogen-bond donors (Lipinski definition) is 1. The highest BCUT2D eigenvalue weighted by atomic mass is 16.5. The Kier molecular flexibility index (Phi) is 5.32. The molecule has 28 heavy (non-hydrogen) atoms. The minimum absolute atomic E-state index is 0.0206. The molecule has 1 aromatic heterocycles. The molecule has 0 saturated carbocycles. The van der Waals surface area contributed by atoms with Gasteiger partial charge in [0.1, 0.15) is 5.75 Å². The second kappa shape index (κ2) is 8.04. The Bertz CT molecular complexity index is 876. The van der Waals surface area contributed by atoms with E-state index in [1.54, 1.807) is 6.07 Å². The van der Waals surface area contributed by atoms with Gasteiger partial charge < -0.3 is 19.5 Å². The van der Waals surface area contributed by atoms with Crippen LogP contribution in [-0.4, -0.2) is 41.6 Å². The van der Waals surface area contributed by atoms with Crippen LogP contribution < -0.4 is 10.1 Å². The van der Waals surface area contributed by atoms with Crippen LogP contribution in [0.2, 0.25) is 0 Å². The minimum atomic E-state index is -0.246. The maximum absolute atomic E-state index is 13.2. The van der Waals surface area contributed by atoms with E-state index in [0.29, 0.717) is 31.0 Å². The molecule has 1 fully saturated rings. The summed E-state index contributed by atoms with van der Waals surface area (Å²) in [5.74, 6) is 1.17. The van der Waals surface area contributed by atoms with Gasteiger partial charge in [0.25, 0.3) is 11.8 Å². The van der Waals surface area contributed by atoms with Crippen molar-refractivity contribution in [3.8, 4) is 5.75 Å². The van der Waals surface area contributed by atoms with Crippen molar-refractivity contribution in [1.82, 2.24) is 15.4 Å². The number of benzene rings is 1. The molecule has 7 heteroatoms. The highest BCUT2D eigenvalue weighted by Crippen LogP contribution is 2.34. The normalized spacial score (nSPS) is 18.5. The van der Waals surface area contributed by atoms with Crippen LogP contribution in [0.4, 0.5) is 0 Å². The largest absolute Gasteiger partial charge is 0.493 e. The number of amides is 2. The van der Waals surface area contributed by atoms with E-state index in [1.165, 1.54) is 0 Å². The summed E-state index contributed by atoms with van der Waals surface area (Å²) < 4.78 is 11.0. The quantitative estimate of drug-likeness (QED) is 0.858. The van der Waals surface area contributed by atoms with E-state index in [9.17, 15) is 9.59 Å². The first-order valence-electron chi connectivity index (χ1n) is 9.99. The predicted molar refractivity (Wildman–Crippen MR) is 102 cm³/mol. The van der Waals surface area contributed by atoms with Gasteiger partial charge in [0, 0.05) is 31.1 Å². The number of hydrogen-bond acceptors (Lipinski definition) is 5. The number of rotatable bonds is 5. The molecule has 7 nitrogen and oxygen atoms in total. The molecule has 3 heterocycles. The van der Waals surface area contributed by atoms with E-state index in [1.807, 2.05) is 30.0 Å². The molecular weight excluding hydrogens is 358 g/mol. The summed E-state index contributed by atoms with van der Waals surface area (Å²) >= 11 is 0. The number of nitrogens with zero attached hydrogens (tertiary/aromatic N) is 2. The van der Waals surface area contributed by atoms with Crippen molar-refractivity contribution in [3.05, 3.63) is 46.8 Å². The zero-order chi connectivity index (χ0) is 19.5. The number of aromatic nitrogens is 1. The first-order valence-corrected chi connectivity index (χ1v) is 9.99. The molecular formula is C21H25N3O4. The average Bonchev–Trinajstić information content (AvgIpc) is 3.40. The third-order valence-electron chi connectivity index (χ3n) is 5.33. The highest BCUT2D eigenvalue weighted by Gasteiger charge is 2.32. The average molecular weight is 383 g/mol. The van der Waals surface area contributed by atoms with Gasteiger partial charge in [0.2, 0.25) is 0 Å². The molecule has 148 valence electrons. The van der Waals surface area contributed by atoms with Crippen LogP contribution in [0.5, 0.6) is 5.75 Å². The Balaban J connectivity index is 1.54. The van der Waals surface area contributed by atoms with Gasteiger partial charge in [-0.1, -0.05) is 12.1 Å². The number of piperidine rings is 1. The van der Waals surface area contributed by atoms with Gasteiger partial charge >= 0.3 is 0 Å². The van der Waals surface area contributed by atoms with Gasteiger partial charge in [0.05, 0.1) is 12.6 Å². The van der Waals surface area contributed by atoms with Gasteiger partial charge in [-0.15, -0.1) is 0 Å². The fourth-order valence-electron chi connectivity index (χ4n) is 3.84. The smallest absolute Gasteiger partial charge is 0.273 e. The standard InChI is InChI=1S/C21H25N3O4/c1-2-9-22-20(25)16-13-19(28-23-16)17-5-3-4-10-24(17)21(26)15-6-7-18-14(12-15)8-11-27-18/h6-7,12-13,17H,2-5,8-11H2,1H3,(H,22,25). The van der Waals surface area contributed by atoms with Gasteiger partial charge in [-0.25, -0.2) is 0 Å². The number of carbonyl (C=O) groups is 2. The molecule has 2 aromatic rings. The van der Waals surface area contributed by atoms with Crippen molar-refractivity contribution in [3.63, 3.8) is 0 Å². The Morgan fingerprint density at radius 2 is 2.18 bits per heavy atom. The van der Waals surface area contributed by atoms with Crippen LogP contribution in [-0.2, 0) is 6.42 Å². The lowest BCUT2D eigenvalue weighted by Crippen LogP contribution is -2.38. The van der Waals surface area contributed by atoms with Gasteiger partial charge in [-0.2, -0.15) is 0 Å². The molecule has 2 aliphatic rings. The van der Waals surface area contributed by atoms with E-state index in [-0.39, 0.29) is 23.6 Å². The fraction of sp³-hybridized carbons (Fsp3) is 0.476. The van der Waals surface area contributed by atoms with Crippen molar-refractivity contribution < 1.29 is 18.8 Å². The summed E-state index contributed by atoms with van der Waals surface area (Å²) in [4.78, 5) is 27.2. The molecule has 0 aliphatic carbocycles.